The average Bonchev–Trinajstić information content (AvgIpc) is 3.03. The summed E-state index contributed by atoms with van der Waals surface area (Å²) in [5, 5.41) is 5.24. The Kier molecular flexibility index (Phi) is 3.44. The van der Waals surface area contributed by atoms with Gasteiger partial charge in [0.2, 0.25) is 6.79 Å². The molecule has 0 fully saturated rings. The van der Waals surface area contributed by atoms with Crippen molar-refractivity contribution in [3.05, 3.63) is 53.3 Å². The third kappa shape index (κ3) is 2.76. The maximum absolute atomic E-state index is 6.00. The van der Waals surface area contributed by atoms with Gasteiger partial charge < -0.3 is 14.3 Å². The zero-order valence-corrected chi connectivity index (χ0v) is 12.5. The van der Waals surface area contributed by atoms with Gasteiger partial charge in [0.05, 0.1) is 17.1 Å². The Bertz CT molecular complexity index is 914. The molecular weight excluding hydrogens is 318 g/mol. The SMILES string of the molecule is Clc1ccc2ncnc(O/N=C\c3ccc4c(c3)OCO4)c2c1. The summed E-state index contributed by atoms with van der Waals surface area (Å²) in [5.74, 6) is 1.75. The second-order valence-electron chi connectivity index (χ2n) is 4.78. The predicted molar refractivity (Wildman–Crippen MR) is 85.3 cm³/mol. The van der Waals surface area contributed by atoms with E-state index in [-0.39, 0.29) is 6.79 Å². The van der Waals surface area contributed by atoms with Gasteiger partial charge in [0.1, 0.15) is 6.33 Å². The first-order valence-electron chi connectivity index (χ1n) is 6.80. The van der Waals surface area contributed by atoms with Crippen LogP contribution in [0.5, 0.6) is 17.4 Å². The van der Waals surface area contributed by atoms with Crippen molar-refractivity contribution in [3.8, 4) is 17.4 Å². The predicted octanol–water partition coefficient (Wildman–Crippen LogP) is 3.42. The summed E-state index contributed by atoms with van der Waals surface area (Å²) in [6.07, 6.45) is 2.99. The molecule has 2 heterocycles. The quantitative estimate of drug-likeness (QED) is 0.544. The van der Waals surface area contributed by atoms with Crippen molar-refractivity contribution in [2.75, 3.05) is 6.79 Å². The number of ether oxygens (including phenoxy) is 2. The second kappa shape index (κ2) is 5.73. The molecule has 0 saturated carbocycles. The minimum atomic E-state index is 0.236. The maximum atomic E-state index is 6.00. The normalized spacial score (nSPS) is 12.9. The fourth-order valence-corrected chi connectivity index (χ4v) is 2.38. The topological polar surface area (TPSA) is 65.8 Å². The molecule has 0 bridgehead atoms. The van der Waals surface area contributed by atoms with Gasteiger partial charge in [-0.05, 0) is 36.4 Å². The van der Waals surface area contributed by atoms with E-state index in [1.165, 1.54) is 6.33 Å². The van der Waals surface area contributed by atoms with Crippen LogP contribution in [-0.4, -0.2) is 23.0 Å². The first-order valence-corrected chi connectivity index (χ1v) is 7.18. The fraction of sp³-hybridized carbons (Fsp3) is 0.0625. The van der Waals surface area contributed by atoms with E-state index in [0.717, 1.165) is 16.8 Å². The Morgan fingerprint density at radius 3 is 2.96 bits per heavy atom. The summed E-state index contributed by atoms with van der Waals surface area (Å²) in [6.45, 7) is 0.236. The van der Waals surface area contributed by atoms with Crippen LogP contribution in [0.1, 0.15) is 5.56 Å². The number of hydrogen-bond acceptors (Lipinski definition) is 6. The number of aromatic nitrogens is 2. The molecule has 0 amide bonds. The molecule has 0 N–H and O–H groups in total. The van der Waals surface area contributed by atoms with Gasteiger partial charge in [-0.1, -0.05) is 16.8 Å². The molecule has 6 nitrogen and oxygen atoms in total. The van der Waals surface area contributed by atoms with Crippen LogP contribution in [0.15, 0.2) is 47.9 Å². The molecule has 0 radical (unpaired) electrons. The van der Waals surface area contributed by atoms with Crippen molar-refractivity contribution in [2.45, 2.75) is 0 Å². The van der Waals surface area contributed by atoms with Gasteiger partial charge in [-0.25, -0.2) is 4.98 Å². The first kappa shape index (κ1) is 13.8. The molecule has 1 aliphatic rings. The van der Waals surface area contributed by atoms with Gasteiger partial charge >= 0.3 is 0 Å². The number of benzene rings is 2. The van der Waals surface area contributed by atoms with E-state index in [0.29, 0.717) is 22.0 Å². The number of oxime groups is 1. The Balaban J connectivity index is 1.58. The van der Waals surface area contributed by atoms with Crippen molar-refractivity contribution in [1.82, 2.24) is 9.97 Å². The summed E-state index contributed by atoms with van der Waals surface area (Å²) < 4.78 is 10.6. The van der Waals surface area contributed by atoms with Gasteiger partial charge in [0, 0.05) is 10.6 Å². The van der Waals surface area contributed by atoms with Gasteiger partial charge in [-0.3, -0.25) is 0 Å². The molecule has 3 aromatic rings. The zero-order valence-electron chi connectivity index (χ0n) is 11.8. The van der Waals surface area contributed by atoms with Gasteiger partial charge in [-0.15, -0.1) is 0 Å². The van der Waals surface area contributed by atoms with Crippen LogP contribution in [0.2, 0.25) is 5.02 Å². The molecule has 1 aliphatic heterocycles. The largest absolute Gasteiger partial charge is 0.454 e. The van der Waals surface area contributed by atoms with E-state index in [2.05, 4.69) is 15.1 Å². The monoisotopic (exact) mass is 327 g/mol. The molecule has 2 aromatic carbocycles. The number of fused-ring (bicyclic) bond motifs is 2. The summed E-state index contributed by atoms with van der Waals surface area (Å²) in [5.41, 5.74) is 1.56. The smallest absolute Gasteiger partial charge is 0.259 e. The van der Waals surface area contributed by atoms with Crippen LogP contribution >= 0.6 is 11.6 Å². The molecular formula is C16H10ClN3O3. The molecule has 23 heavy (non-hydrogen) atoms. The standard InChI is InChI=1S/C16H10ClN3O3/c17-11-2-3-13-12(6-11)16(19-8-18-13)23-20-7-10-1-4-14-15(5-10)22-9-21-14/h1-8H,9H2/b20-7-. The molecule has 0 atom stereocenters. The van der Waals surface area contributed by atoms with E-state index in [4.69, 9.17) is 25.9 Å². The molecule has 114 valence electrons. The third-order valence-corrected chi connectivity index (χ3v) is 3.53. The molecule has 0 saturated heterocycles. The van der Waals surface area contributed by atoms with E-state index in [9.17, 15) is 0 Å². The first-order chi connectivity index (χ1) is 11.3. The minimum Gasteiger partial charge on any atom is -0.454 e. The Hall–Kier alpha value is -2.86. The Morgan fingerprint density at radius 2 is 2.00 bits per heavy atom. The van der Waals surface area contributed by atoms with E-state index in [1.807, 2.05) is 18.2 Å². The lowest BCUT2D eigenvalue weighted by Crippen LogP contribution is -1.93. The highest BCUT2D eigenvalue weighted by Crippen LogP contribution is 2.32. The lowest BCUT2D eigenvalue weighted by atomic mass is 10.2. The highest BCUT2D eigenvalue weighted by atomic mass is 35.5. The van der Waals surface area contributed by atoms with Gasteiger partial charge in [-0.2, -0.15) is 4.98 Å². The van der Waals surface area contributed by atoms with Crippen molar-refractivity contribution in [3.63, 3.8) is 0 Å². The van der Waals surface area contributed by atoms with Crippen LogP contribution in [0, 0.1) is 0 Å². The van der Waals surface area contributed by atoms with Gasteiger partial charge in [0.15, 0.2) is 11.5 Å². The van der Waals surface area contributed by atoms with Crippen LogP contribution in [0.3, 0.4) is 0 Å². The van der Waals surface area contributed by atoms with Gasteiger partial charge in [0.25, 0.3) is 5.88 Å². The highest BCUT2D eigenvalue weighted by molar-refractivity contribution is 6.31. The molecule has 7 heteroatoms. The number of nitrogens with zero attached hydrogens (tertiary/aromatic N) is 3. The van der Waals surface area contributed by atoms with E-state index < -0.39 is 0 Å². The molecule has 4 rings (SSSR count). The van der Waals surface area contributed by atoms with Crippen LogP contribution in [0.25, 0.3) is 10.9 Å². The van der Waals surface area contributed by atoms with Crippen molar-refractivity contribution in [1.29, 1.82) is 0 Å². The van der Waals surface area contributed by atoms with Crippen molar-refractivity contribution >= 4 is 28.7 Å². The Morgan fingerprint density at radius 1 is 1.09 bits per heavy atom. The molecule has 0 unspecified atom stereocenters. The van der Waals surface area contributed by atoms with Crippen LogP contribution in [0.4, 0.5) is 0 Å². The summed E-state index contributed by atoms with van der Waals surface area (Å²) in [6, 6.07) is 10.8. The average molecular weight is 328 g/mol. The summed E-state index contributed by atoms with van der Waals surface area (Å²) >= 11 is 6.00. The van der Waals surface area contributed by atoms with E-state index in [1.54, 1.807) is 24.4 Å². The number of rotatable bonds is 3. The molecule has 0 spiro atoms. The summed E-state index contributed by atoms with van der Waals surface area (Å²) in [4.78, 5) is 13.6. The Labute approximate surface area is 136 Å². The lowest BCUT2D eigenvalue weighted by molar-refractivity contribution is 0.174. The van der Waals surface area contributed by atoms with Crippen molar-refractivity contribution in [2.24, 2.45) is 5.16 Å². The third-order valence-electron chi connectivity index (χ3n) is 3.30. The number of halogens is 1. The lowest BCUT2D eigenvalue weighted by Gasteiger charge is -2.02. The fourth-order valence-electron chi connectivity index (χ4n) is 2.21. The molecule has 0 aliphatic carbocycles. The number of hydrogen-bond donors (Lipinski definition) is 0. The highest BCUT2D eigenvalue weighted by Gasteiger charge is 2.12. The van der Waals surface area contributed by atoms with Crippen LogP contribution in [-0.2, 0) is 0 Å². The maximum Gasteiger partial charge on any atom is 0.259 e. The molecule has 1 aromatic heterocycles. The zero-order chi connectivity index (χ0) is 15.6. The minimum absolute atomic E-state index is 0.236. The summed E-state index contributed by atoms with van der Waals surface area (Å²) in [7, 11) is 0. The van der Waals surface area contributed by atoms with E-state index >= 15 is 0 Å². The van der Waals surface area contributed by atoms with Crippen molar-refractivity contribution < 1.29 is 14.3 Å². The second-order valence-corrected chi connectivity index (χ2v) is 5.22. The van der Waals surface area contributed by atoms with Crippen LogP contribution < -0.4 is 14.3 Å².